The topological polar surface area (TPSA) is 135 Å². The van der Waals surface area contributed by atoms with E-state index in [1.807, 2.05) is 29.4 Å². The smallest absolute Gasteiger partial charge is 0.253 e. The van der Waals surface area contributed by atoms with Crippen LogP contribution in [0, 0.1) is 17.6 Å². The number of hydrogen-bond donors (Lipinski definition) is 3. The number of anilines is 2. The van der Waals surface area contributed by atoms with Crippen molar-refractivity contribution in [1.29, 1.82) is 0 Å². The fourth-order valence-corrected chi connectivity index (χ4v) is 10.3. The largest absolute Gasteiger partial charge is 0.373 e. The summed E-state index contributed by atoms with van der Waals surface area (Å²) in [6.45, 7) is 7.58. The lowest BCUT2D eigenvalue weighted by atomic mass is 9.88. The number of piperazine rings is 1. The van der Waals surface area contributed by atoms with E-state index in [4.69, 9.17) is 4.98 Å². The van der Waals surface area contributed by atoms with E-state index in [-0.39, 0.29) is 36.0 Å². The van der Waals surface area contributed by atoms with Gasteiger partial charge in [-0.1, -0.05) is 18.2 Å². The fraction of sp³-hybridized carbons (Fsp3) is 0.408. The van der Waals surface area contributed by atoms with E-state index >= 15 is 8.78 Å². The van der Waals surface area contributed by atoms with Crippen LogP contribution < -0.4 is 15.5 Å². The monoisotopic (exact) mass is 868 g/mol. The lowest BCUT2D eigenvalue weighted by Crippen LogP contribution is -2.49. The van der Waals surface area contributed by atoms with Crippen molar-refractivity contribution in [3.63, 3.8) is 0 Å². The van der Waals surface area contributed by atoms with Gasteiger partial charge in [0.1, 0.15) is 17.4 Å². The molecule has 0 aliphatic carbocycles. The fourth-order valence-electron chi connectivity index (χ4n) is 10.3. The van der Waals surface area contributed by atoms with E-state index in [1.54, 1.807) is 4.90 Å². The zero-order valence-electron chi connectivity index (χ0n) is 36.2. The van der Waals surface area contributed by atoms with Gasteiger partial charge in [-0.2, -0.15) is 5.10 Å². The van der Waals surface area contributed by atoms with Crippen LogP contribution in [-0.4, -0.2) is 117 Å². The average Bonchev–Trinajstić information content (AvgIpc) is 3.91. The first-order valence-electron chi connectivity index (χ1n) is 22.7. The molecule has 6 aromatic rings. The van der Waals surface area contributed by atoms with Gasteiger partial charge in [-0.05, 0) is 122 Å². The van der Waals surface area contributed by atoms with E-state index in [1.165, 1.54) is 29.0 Å². The SMILES string of the molecule is Cn1c(CN2CCC(c3ccc(C(=O)N4CCC(CN5CCN(c6c(F)cc(NC7CCC(=O)NC7=O)cc6F)CC5)CC4)cc3)CC2)cc2c(-c3ccc4[nH]ncc4c3)ccnc21. The number of piperidine rings is 3. The zero-order chi connectivity index (χ0) is 43.9. The van der Waals surface area contributed by atoms with Crippen LogP contribution in [0.4, 0.5) is 20.2 Å². The summed E-state index contributed by atoms with van der Waals surface area (Å²) in [5.41, 5.74) is 7.75. The van der Waals surface area contributed by atoms with Gasteiger partial charge in [-0.25, -0.2) is 13.8 Å². The molecule has 1 atom stereocenters. The van der Waals surface area contributed by atoms with Gasteiger partial charge < -0.3 is 19.7 Å². The first-order valence-corrected chi connectivity index (χ1v) is 22.7. The first kappa shape index (κ1) is 41.8. The molecule has 64 heavy (non-hydrogen) atoms. The molecule has 3 aromatic heterocycles. The Hall–Kier alpha value is -6.19. The Morgan fingerprint density at radius 3 is 2.31 bits per heavy atom. The minimum atomic E-state index is -0.720. The molecule has 3 amide bonds. The molecule has 1 unspecified atom stereocenters. The first-order chi connectivity index (χ1) is 31.1. The lowest BCUT2D eigenvalue weighted by molar-refractivity contribution is -0.133. The van der Waals surface area contributed by atoms with Gasteiger partial charge in [0, 0.05) is 99.7 Å². The van der Waals surface area contributed by atoms with Crippen molar-refractivity contribution in [1.82, 2.24) is 39.8 Å². The summed E-state index contributed by atoms with van der Waals surface area (Å²) in [7, 11) is 2.11. The standard InChI is InChI=1S/C49H54F2N10O3/c1-57-38(27-40-39(10-15-52-47(40)57)35-6-7-43-36(24-35)28-53-56-43)30-58-16-13-33(14-17-58)32-2-4-34(5-3-32)49(64)61-18-11-31(12-19-61)29-59-20-22-60(23-21-59)46-41(50)25-37(26-42(46)51)54-44-8-9-45(62)55-48(44)63/h2-7,10,15,24-28,31,33,44,54H,8-9,11-14,16-23,29-30H2,1H3,(H,53,56)(H,55,62,63). The van der Waals surface area contributed by atoms with Crippen LogP contribution >= 0.6 is 0 Å². The number of carbonyl (C=O) groups excluding carboxylic acids is 3. The number of halogens is 2. The van der Waals surface area contributed by atoms with E-state index < -0.39 is 23.6 Å². The number of H-pyrrole nitrogens is 1. The molecule has 13 nitrogen and oxygen atoms in total. The molecule has 4 fully saturated rings. The van der Waals surface area contributed by atoms with Crippen LogP contribution in [-0.2, 0) is 23.2 Å². The maximum atomic E-state index is 15.3. The third kappa shape index (κ3) is 8.58. The van der Waals surface area contributed by atoms with Crippen LogP contribution in [0.3, 0.4) is 0 Å². The van der Waals surface area contributed by atoms with E-state index in [0.29, 0.717) is 51.1 Å². The van der Waals surface area contributed by atoms with Gasteiger partial charge in [0.15, 0.2) is 11.6 Å². The number of pyridine rings is 1. The predicted octanol–water partition coefficient (Wildman–Crippen LogP) is 6.67. The Labute approximate surface area is 370 Å². The molecule has 15 heteroatoms. The normalized spacial score (nSPS) is 19.8. The Kier molecular flexibility index (Phi) is 11.6. The van der Waals surface area contributed by atoms with Crippen molar-refractivity contribution in [2.24, 2.45) is 13.0 Å². The van der Waals surface area contributed by atoms with Crippen LogP contribution in [0.25, 0.3) is 33.1 Å². The average molecular weight is 869 g/mol. The van der Waals surface area contributed by atoms with E-state index in [2.05, 4.69) is 84.7 Å². The third-order valence-corrected chi connectivity index (χ3v) is 14.1. The summed E-state index contributed by atoms with van der Waals surface area (Å²) in [5, 5.41) is 14.6. The molecular formula is C49H54F2N10O3. The highest BCUT2D eigenvalue weighted by atomic mass is 19.1. The van der Waals surface area contributed by atoms with Crippen molar-refractivity contribution in [2.75, 3.05) is 69.1 Å². The van der Waals surface area contributed by atoms with Crippen molar-refractivity contribution >= 4 is 51.0 Å². The summed E-state index contributed by atoms with van der Waals surface area (Å²) < 4.78 is 32.7. The zero-order valence-corrected chi connectivity index (χ0v) is 36.2. The number of aromatic amines is 1. The van der Waals surface area contributed by atoms with Crippen LogP contribution in [0.5, 0.6) is 0 Å². The minimum absolute atomic E-state index is 0.0552. The Bertz CT molecular complexity index is 2670. The summed E-state index contributed by atoms with van der Waals surface area (Å²) in [4.78, 5) is 50.6. The van der Waals surface area contributed by atoms with Crippen molar-refractivity contribution in [2.45, 2.75) is 57.0 Å². The molecule has 0 radical (unpaired) electrons. The predicted molar refractivity (Wildman–Crippen MR) is 243 cm³/mol. The highest BCUT2D eigenvalue weighted by Gasteiger charge is 2.31. The number of imide groups is 1. The Morgan fingerprint density at radius 2 is 1.58 bits per heavy atom. The molecule has 4 saturated heterocycles. The maximum Gasteiger partial charge on any atom is 0.253 e. The van der Waals surface area contributed by atoms with Crippen LogP contribution in [0.1, 0.15) is 66.1 Å². The molecule has 3 N–H and O–H groups in total. The second kappa shape index (κ2) is 17.8. The summed E-state index contributed by atoms with van der Waals surface area (Å²) >= 11 is 0. The number of fused-ring (bicyclic) bond motifs is 2. The van der Waals surface area contributed by atoms with Gasteiger partial charge in [-0.15, -0.1) is 0 Å². The number of carbonyl (C=O) groups is 3. The number of nitrogens with one attached hydrogen (secondary N) is 3. The number of nitrogens with zero attached hydrogens (tertiary/aromatic N) is 7. The van der Waals surface area contributed by atoms with E-state index in [9.17, 15) is 14.4 Å². The van der Waals surface area contributed by atoms with E-state index in [0.717, 1.165) is 84.9 Å². The maximum absolute atomic E-state index is 15.3. The number of likely N-dealkylation sites (tertiary alicyclic amines) is 2. The molecule has 332 valence electrons. The van der Waals surface area contributed by atoms with Gasteiger partial charge >= 0.3 is 0 Å². The number of amides is 3. The molecule has 10 rings (SSSR count). The number of aryl methyl sites for hydroxylation is 1. The van der Waals surface area contributed by atoms with Gasteiger partial charge in [0.25, 0.3) is 5.91 Å². The van der Waals surface area contributed by atoms with Crippen LogP contribution in [0.15, 0.2) is 79.1 Å². The molecular weight excluding hydrogens is 815 g/mol. The van der Waals surface area contributed by atoms with Gasteiger partial charge in [0.2, 0.25) is 11.8 Å². The highest BCUT2D eigenvalue weighted by molar-refractivity contribution is 6.01. The minimum Gasteiger partial charge on any atom is -0.373 e. The quantitative estimate of drug-likeness (QED) is 0.129. The lowest BCUT2D eigenvalue weighted by Gasteiger charge is -2.39. The highest BCUT2D eigenvalue weighted by Crippen LogP contribution is 2.34. The van der Waals surface area contributed by atoms with Gasteiger partial charge in [-0.3, -0.25) is 34.6 Å². The van der Waals surface area contributed by atoms with Crippen molar-refractivity contribution in [3.8, 4) is 11.1 Å². The van der Waals surface area contributed by atoms with Crippen molar-refractivity contribution in [3.05, 3.63) is 108 Å². The van der Waals surface area contributed by atoms with Crippen LogP contribution in [0.2, 0.25) is 0 Å². The summed E-state index contributed by atoms with van der Waals surface area (Å²) in [5.74, 6) is -1.20. The van der Waals surface area contributed by atoms with Gasteiger partial charge in [0.05, 0.1) is 11.7 Å². The van der Waals surface area contributed by atoms with Crippen molar-refractivity contribution < 1.29 is 23.2 Å². The summed E-state index contributed by atoms with van der Waals surface area (Å²) in [6.07, 6.45) is 8.19. The molecule has 3 aromatic carbocycles. The Morgan fingerprint density at radius 1 is 0.828 bits per heavy atom. The number of aromatic nitrogens is 4. The Balaban J connectivity index is 0.669. The summed E-state index contributed by atoms with van der Waals surface area (Å²) in [6, 6.07) is 20.8. The molecule has 0 spiro atoms. The third-order valence-electron chi connectivity index (χ3n) is 14.1. The number of rotatable bonds is 10. The molecule has 0 bridgehead atoms. The second-order valence-corrected chi connectivity index (χ2v) is 18.1. The molecule has 7 heterocycles. The number of benzene rings is 3. The molecule has 4 aliphatic rings. The molecule has 0 saturated carbocycles. The second-order valence-electron chi connectivity index (χ2n) is 18.1. The molecule has 4 aliphatic heterocycles. The number of hydrogen-bond acceptors (Lipinski definition) is 9.